The summed E-state index contributed by atoms with van der Waals surface area (Å²) in [6.07, 6.45) is 3.50. The van der Waals surface area contributed by atoms with Crippen LogP contribution in [0.2, 0.25) is 5.02 Å². The number of nitrogens with one attached hydrogen (secondary N) is 1. The second kappa shape index (κ2) is 3.90. The Labute approximate surface area is 113 Å². The maximum atomic E-state index is 6.22. The van der Waals surface area contributed by atoms with Crippen molar-refractivity contribution in [3.05, 3.63) is 41.7 Å². The lowest BCUT2D eigenvalue weighted by atomic mass is 10.0. The first kappa shape index (κ1) is 10.7. The number of nitrogens with zero attached hydrogens (tertiary/aromatic N) is 1. The third-order valence-corrected chi connectivity index (χ3v) is 3.51. The molecule has 1 aromatic carbocycles. The van der Waals surface area contributed by atoms with Gasteiger partial charge in [-0.2, -0.15) is 0 Å². The van der Waals surface area contributed by atoms with E-state index < -0.39 is 0 Å². The molecule has 19 heavy (non-hydrogen) atoms. The minimum atomic E-state index is 0.273. The minimum Gasteiger partial charge on any atom is -0.454 e. The molecule has 0 bridgehead atoms. The molecule has 5 heteroatoms. The van der Waals surface area contributed by atoms with Crippen LogP contribution in [-0.4, -0.2) is 16.8 Å². The van der Waals surface area contributed by atoms with Gasteiger partial charge in [-0.1, -0.05) is 17.7 Å². The first-order valence-corrected chi connectivity index (χ1v) is 6.22. The Morgan fingerprint density at radius 2 is 2.05 bits per heavy atom. The number of hydrogen-bond acceptors (Lipinski definition) is 3. The van der Waals surface area contributed by atoms with Crippen LogP contribution < -0.4 is 9.47 Å². The Balaban J connectivity index is 1.97. The number of fused-ring (bicyclic) bond motifs is 2. The first-order chi connectivity index (χ1) is 9.33. The number of benzene rings is 1. The van der Waals surface area contributed by atoms with Crippen LogP contribution in [0.25, 0.3) is 22.2 Å². The summed E-state index contributed by atoms with van der Waals surface area (Å²) >= 11 is 6.22. The molecule has 1 aliphatic heterocycles. The minimum absolute atomic E-state index is 0.273. The molecule has 0 spiro atoms. The quantitative estimate of drug-likeness (QED) is 0.736. The molecule has 0 amide bonds. The van der Waals surface area contributed by atoms with E-state index in [2.05, 4.69) is 9.97 Å². The van der Waals surface area contributed by atoms with E-state index in [1.807, 2.05) is 24.3 Å². The molecule has 94 valence electrons. The van der Waals surface area contributed by atoms with Gasteiger partial charge in [0.05, 0.1) is 5.02 Å². The van der Waals surface area contributed by atoms with Crippen molar-refractivity contribution in [2.45, 2.75) is 0 Å². The number of halogens is 1. The number of aromatic amines is 1. The van der Waals surface area contributed by atoms with Crippen LogP contribution in [0.5, 0.6) is 11.5 Å². The standard InChI is InChI=1S/C14H9ClN2O2/c15-10-6-17-14-13(10)9(3-4-16-14)8-1-2-11-12(5-8)19-7-18-11/h1-6H,7H2,(H,16,17). The highest BCUT2D eigenvalue weighted by Gasteiger charge is 2.16. The third kappa shape index (κ3) is 1.57. The summed E-state index contributed by atoms with van der Waals surface area (Å²) in [6, 6.07) is 7.80. The maximum Gasteiger partial charge on any atom is 0.231 e. The lowest BCUT2D eigenvalue weighted by molar-refractivity contribution is 0.174. The van der Waals surface area contributed by atoms with Gasteiger partial charge in [0.1, 0.15) is 5.65 Å². The molecule has 0 aliphatic carbocycles. The molecule has 0 atom stereocenters. The molecule has 3 aromatic rings. The van der Waals surface area contributed by atoms with Crippen LogP contribution in [0.4, 0.5) is 0 Å². The summed E-state index contributed by atoms with van der Waals surface area (Å²) in [6.45, 7) is 0.273. The Morgan fingerprint density at radius 3 is 3.00 bits per heavy atom. The fourth-order valence-corrected chi connectivity index (χ4v) is 2.57. The zero-order chi connectivity index (χ0) is 12.8. The zero-order valence-electron chi connectivity index (χ0n) is 9.81. The Morgan fingerprint density at radius 1 is 1.16 bits per heavy atom. The summed E-state index contributed by atoms with van der Waals surface area (Å²) in [5.41, 5.74) is 2.83. The molecule has 3 heterocycles. The van der Waals surface area contributed by atoms with E-state index >= 15 is 0 Å². The predicted octanol–water partition coefficient (Wildman–Crippen LogP) is 3.61. The van der Waals surface area contributed by atoms with Crippen molar-refractivity contribution in [1.29, 1.82) is 0 Å². The summed E-state index contributed by atoms with van der Waals surface area (Å²) < 4.78 is 10.7. The normalized spacial score (nSPS) is 13.1. The lowest BCUT2D eigenvalue weighted by Gasteiger charge is -2.05. The summed E-state index contributed by atoms with van der Waals surface area (Å²) in [4.78, 5) is 7.32. The number of aromatic nitrogens is 2. The van der Waals surface area contributed by atoms with Crippen molar-refractivity contribution in [3.63, 3.8) is 0 Å². The van der Waals surface area contributed by atoms with Gasteiger partial charge in [0, 0.05) is 17.8 Å². The van der Waals surface area contributed by atoms with Crippen LogP contribution in [0, 0.1) is 0 Å². The van der Waals surface area contributed by atoms with E-state index in [1.165, 1.54) is 0 Å². The molecule has 4 rings (SSSR count). The molecule has 0 fully saturated rings. The molecule has 1 aliphatic rings. The van der Waals surface area contributed by atoms with Gasteiger partial charge < -0.3 is 14.5 Å². The molecule has 4 nitrogen and oxygen atoms in total. The molecule has 0 saturated heterocycles. The van der Waals surface area contributed by atoms with Gasteiger partial charge in [0.2, 0.25) is 6.79 Å². The van der Waals surface area contributed by atoms with Crippen molar-refractivity contribution >= 4 is 22.6 Å². The van der Waals surface area contributed by atoms with Gasteiger partial charge in [0.25, 0.3) is 0 Å². The second-order valence-corrected chi connectivity index (χ2v) is 4.69. The maximum absolute atomic E-state index is 6.22. The van der Waals surface area contributed by atoms with Gasteiger partial charge in [-0.3, -0.25) is 0 Å². The Bertz CT molecular complexity index is 782. The number of pyridine rings is 1. The van der Waals surface area contributed by atoms with E-state index in [9.17, 15) is 0 Å². The van der Waals surface area contributed by atoms with Crippen molar-refractivity contribution in [2.75, 3.05) is 6.79 Å². The zero-order valence-corrected chi connectivity index (χ0v) is 10.6. The average Bonchev–Trinajstić information content (AvgIpc) is 3.05. The Kier molecular flexibility index (Phi) is 2.19. The topological polar surface area (TPSA) is 47.1 Å². The smallest absolute Gasteiger partial charge is 0.231 e. The fourth-order valence-electron chi connectivity index (χ4n) is 2.32. The monoisotopic (exact) mass is 272 g/mol. The predicted molar refractivity (Wildman–Crippen MR) is 72.7 cm³/mol. The number of H-pyrrole nitrogens is 1. The Hall–Kier alpha value is -2.20. The van der Waals surface area contributed by atoms with Gasteiger partial charge in [-0.15, -0.1) is 0 Å². The van der Waals surface area contributed by atoms with Crippen molar-refractivity contribution in [1.82, 2.24) is 9.97 Å². The van der Waals surface area contributed by atoms with Crippen molar-refractivity contribution in [3.8, 4) is 22.6 Å². The van der Waals surface area contributed by atoms with Crippen LogP contribution >= 0.6 is 11.6 Å². The van der Waals surface area contributed by atoms with Crippen molar-refractivity contribution < 1.29 is 9.47 Å². The van der Waals surface area contributed by atoms with Gasteiger partial charge in [-0.05, 0) is 29.3 Å². The SMILES string of the molecule is Clc1c[nH]c2nccc(-c3ccc4c(c3)OCO4)c12. The van der Waals surface area contributed by atoms with Gasteiger partial charge in [-0.25, -0.2) is 4.98 Å². The van der Waals surface area contributed by atoms with E-state index in [4.69, 9.17) is 21.1 Å². The number of ether oxygens (including phenoxy) is 2. The lowest BCUT2D eigenvalue weighted by Crippen LogP contribution is -1.92. The summed E-state index contributed by atoms with van der Waals surface area (Å²) in [5.74, 6) is 1.53. The second-order valence-electron chi connectivity index (χ2n) is 4.29. The summed E-state index contributed by atoms with van der Waals surface area (Å²) in [5, 5.41) is 1.58. The van der Waals surface area contributed by atoms with E-state index in [0.29, 0.717) is 5.02 Å². The van der Waals surface area contributed by atoms with Crippen LogP contribution in [0.15, 0.2) is 36.7 Å². The highest BCUT2D eigenvalue weighted by Crippen LogP contribution is 2.39. The van der Waals surface area contributed by atoms with Crippen molar-refractivity contribution in [2.24, 2.45) is 0 Å². The molecule has 0 radical (unpaired) electrons. The third-order valence-electron chi connectivity index (χ3n) is 3.21. The number of hydrogen-bond donors (Lipinski definition) is 1. The van der Waals surface area contributed by atoms with E-state index in [0.717, 1.165) is 33.7 Å². The highest BCUT2D eigenvalue weighted by atomic mass is 35.5. The van der Waals surface area contributed by atoms with Crippen LogP contribution in [0.3, 0.4) is 0 Å². The first-order valence-electron chi connectivity index (χ1n) is 5.84. The largest absolute Gasteiger partial charge is 0.454 e. The van der Waals surface area contributed by atoms with Gasteiger partial charge >= 0.3 is 0 Å². The summed E-state index contributed by atoms with van der Waals surface area (Å²) in [7, 11) is 0. The molecule has 0 unspecified atom stereocenters. The average molecular weight is 273 g/mol. The fraction of sp³-hybridized carbons (Fsp3) is 0.0714. The molecular formula is C14H9ClN2O2. The van der Waals surface area contributed by atoms with Crippen LogP contribution in [0.1, 0.15) is 0 Å². The molecule has 2 aromatic heterocycles. The van der Waals surface area contributed by atoms with E-state index in [1.54, 1.807) is 12.4 Å². The van der Waals surface area contributed by atoms with E-state index in [-0.39, 0.29) is 6.79 Å². The molecular weight excluding hydrogens is 264 g/mol. The molecule has 0 saturated carbocycles. The number of rotatable bonds is 1. The molecule has 1 N–H and O–H groups in total. The van der Waals surface area contributed by atoms with Crippen LogP contribution in [-0.2, 0) is 0 Å². The van der Waals surface area contributed by atoms with Gasteiger partial charge in [0.15, 0.2) is 11.5 Å². The highest BCUT2D eigenvalue weighted by molar-refractivity contribution is 6.36.